The van der Waals surface area contributed by atoms with Crippen LogP contribution in [0.4, 0.5) is 0 Å². The van der Waals surface area contributed by atoms with E-state index >= 15 is 0 Å². The van der Waals surface area contributed by atoms with Gasteiger partial charge in [0, 0.05) is 6.04 Å². The minimum absolute atomic E-state index is 0.00347. The van der Waals surface area contributed by atoms with Crippen molar-refractivity contribution in [3.05, 3.63) is 0 Å². The van der Waals surface area contributed by atoms with Crippen LogP contribution in [0, 0.1) is 0 Å². The van der Waals surface area contributed by atoms with Crippen LogP contribution in [0.3, 0.4) is 0 Å². The molecule has 6 heavy (non-hydrogen) atoms. The molecule has 2 N–H and O–H groups in total. The van der Waals surface area contributed by atoms with Gasteiger partial charge in [0.25, 0.3) is 0 Å². The van der Waals surface area contributed by atoms with Crippen molar-refractivity contribution in [1.29, 1.82) is 0 Å². The molecule has 0 aliphatic rings. The van der Waals surface area contributed by atoms with E-state index in [0.717, 1.165) is 6.42 Å². The molecule has 0 heterocycles. The molecule has 0 bridgehead atoms. The van der Waals surface area contributed by atoms with Gasteiger partial charge in [-0.15, -0.1) is 0 Å². The fourth-order valence-electron chi connectivity index (χ4n) is 0.129. The van der Waals surface area contributed by atoms with E-state index in [-0.39, 0.29) is 12.6 Å². The fourth-order valence-corrected chi connectivity index (χ4v) is 0.129. The standard InChI is InChI=1S/C4H10NO/c1-2-4(5)3-6/h4-6H,2-3H2,1H3. The molecule has 2 nitrogen and oxygen atoms in total. The van der Waals surface area contributed by atoms with Gasteiger partial charge in [-0.2, -0.15) is 0 Å². The molecular weight excluding hydrogens is 78.0 g/mol. The van der Waals surface area contributed by atoms with E-state index in [1.54, 1.807) is 0 Å². The topological polar surface area (TPSA) is 44.0 Å². The number of nitrogens with one attached hydrogen (secondary N) is 1. The minimum atomic E-state index is -0.259. The number of aliphatic hydroxyl groups excluding tert-OH is 1. The normalized spacial score (nSPS) is 14.5. The first-order chi connectivity index (χ1) is 2.81. The van der Waals surface area contributed by atoms with Crippen LogP contribution >= 0.6 is 0 Å². The zero-order chi connectivity index (χ0) is 4.99. The average molecular weight is 88.1 g/mol. The summed E-state index contributed by atoms with van der Waals surface area (Å²) in [5.74, 6) is 0. The molecule has 0 saturated carbocycles. The summed E-state index contributed by atoms with van der Waals surface area (Å²) in [6.45, 7) is 1.88. The Labute approximate surface area is 38.0 Å². The zero-order valence-corrected chi connectivity index (χ0v) is 3.94. The lowest BCUT2D eigenvalue weighted by atomic mass is 10.3. The lowest BCUT2D eigenvalue weighted by Gasteiger charge is -1.97. The number of rotatable bonds is 2. The molecule has 0 aromatic heterocycles. The molecule has 1 unspecified atom stereocenters. The molecule has 0 aliphatic carbocycles. The molecule has 0 aliphatic heterocycles. The van der Waals surface area contributed by atoms with Gasteiger partial charge in [-0.25, -0.2) is 0 Å². The van der Waals surface area contributed by atoms with E-state index in [0.29, 0.717) is 0 Å². The van der Waals surface area contributed by atoms with Gasteiger partial charge >= 0.3 is 0 Å². The van der Waals surface area contributed by atoms with Crippen LogP contribution in [0.2, 0.25) is 0 Å². The van der Waals surface area contributed by atoms with E-state index in [9.17, 15) is 0 Å². The first-order valence-electron chi connectivity index (χ1n) is 2.13. The summed E-state index contributed by atoms with van der Waals surface area (Å²) in [6.07, 6.45) is 0.747. The van der Waals surface area contributed by atoms with Crippen LogP contribution in [0.25, 0.3) is 0 Å². The van der Waals surface area contributed by atoms with Gasteiger partial charge in [-0.05, 0) is 6.42 Å². The van der Waals surface area contributed by atoms with Gasteiger partial charge in [0.1, 0.15) is 0 Å². The Balaban J connectivity index is 2.75. The van der Waals surface area contributed by atoms with Crippen LogP contribution in [0.15, 0.2) is 0 Å². The SMILES string of the molecule is CCC([NH])CO. The predicted molar refractivity (Wildman–Crippen MR) is 24.3 cm³/mol. The first kappa shape index (κ1) is 5.92. The maximum Gasteiger partial charge on any atom is 0.0598 e. The van der Waals surface area contributed by atoms with Gasteiger partial charge < -0.3 is 5.11 Å². The smallest absolute Gasteiger partial charge is 0.0598 e. The summed E-state index contributed by atoms with van der Waals surface area (Å²) in [5, 5.41) is 8.15. The molecule has 0 aromatic carbocycles. The minimum Gasteiger partial charge on any atom is -0.395 e. The van der Waals surface area contributed by atoms with Crippen molar-refractivity contribution < 1.29 is 5.11 Å². The predicted octanol–water partition coefficient (Wildman–Crippen LogP) is 0.0402. The molecule has 1 atom stereocenters. The van der Waals surface area contributed by atoms with E-state index in [1.165, 1.54) is 0 Å². The Morgan fingerprint density at radius 2 is 2.33 bits per heavy atom. The highest BCUT2D eigenvalue weighted by molar-refractivity contribution is 4.50. The first-order valence-corrected chi connectivity index (χ1v) is 2.13. The van der Waals surface area contributed by atoms with Crippen molar-refractivity contribution in [3.8, 4) is 0 Å². The average Bonchev–Trinajstić information content (AvgIpc) is 1.65. The van der Waals surface area contributed by atoms with Crippen molar-refractivity contribution in [2.45, 2.75) is 19.4 Å². The molecule has 0 aromatic rings. The largest absolute Gasteiger partial charge is 0.395 e. The highest BCUT2D eigenvalue weighted by Gasteiger charge is 1.91. The second-order valence-corrected chi connectivity index (χ2v) is 1.29. The van der Waals surface area contributed by atoms with Gasteiger partial charge in [0.15, 0.2) is 0 Å². The van der Waals surface area contributed by atoms with Gasteiger partial charge in [-0.3, -0.25) is 5.73 Å². The Morgan fingerprint density at radius 1 is 1.83 bits per heavy atom. The summed E-state index contributed by atoms with van der Waals surface area (Å²) in [7, 11) is 0. The third kappa shape index (κ3) is 2.18. The fraction of sp³-hybridized carbons (Fsp3) is 1.00. The van der Waals surface area contributed by atoms with Crippen molar-refractivity contribution in [2.24, 2.45) is 0 Å². The highest BCUT2D eigenvalue weighted by atomic mass is 16.3. The van der Waals surface area contributed by atoms with Gasteiger partial charge in [0.05, 0.1) is 6.61 Å². The Bertz CT molecular complexity index is 26.7. The van der Waals surface area contributed by atoms with Crippen LogP contribution in [-0.4, -0.2) is 17.8 Å². The second kappa shape index (κ2) is 3.12. The number of aliphatic hydroxyl groups is 1. The van der Waals surface area contributed by atoms with Crippen molar-refractivity contribution in [2.75, 3.05) is 6.61 Å². The summed E-state index contributed by atoms with van der Waals surface area (Å²) >= 11 is 0. The van der Waals surface area contributed by atoms with E-state index < -0.39 is 0 Å². The summed E-state index contributed by atoms with van der Waals surface area (Å²) in [5.41, 5.74) is 6.82. The van der Waals surface area contributed by atoms with Gasteiger partial charge in [-0.1, -0.05) is 6.92 Å². The third-order valence-electron chi connectivity index (χ3n) is 0.713. The van der Waals surface area contributed by atoms with Crippen molar-refractivity contribution >= 4 is 0 Å². The Morgan fingerprint density at radius 3 is 2.33 bits per heavy atom. The zero-order valence-electron chi connectivity index (χ0n) is 3.94. The van der Waals surface area contributed by atoms with Crippen molar-refractivity contribution in [3.63, 3.8) is 0 Å². The van der Waals surface area contributed by atoms with E-state index in [4.69, 9.17) is 10.8 Å². The highest BCUT2D eigenvalue weighted by Crippen LogP contribution is 1.82. The summed E-state index contributed by atoms with van der Waals surface area (Å²) in [6, 6.07) is -0.259. The Hall–Kier alpha value is -0.0800. The Kier molecular flexibility index (Phi) is 3.08. The van der Waals surface area contributed by atoms with Crippen LogP contribution in [0.5, 0.6) is 0 Å². The molecule has 2 heteroatoms. The van der Waals surface area contributed by atoms with Crippen LogP contribution < -0.4 is 5.73 Å². The molecule has 0 fully saturated rings. The maximum atomic E-state index is 8.15. The van der Waals surface area contributed by atoms with Gasteiger partial charge in [0.2, 0.25) is 0 Å². The van der Waals surface area contributed by atoms with Crippen LogP contribution in [0.1, 0.15) is 13.3 Å². The van der Waals surface area contributed by atoms with Crippen LogP contribution in [-0.2, 0) is 0 Å². The molecular formula is C4H10NO. The molecule has 37 valence electrons. The van der Waals surface area contributed by atoms with E-state index in [1.807, 2.05) is 6.92 Å². The molecule has 1 radical (unpaired) electrons. The lowest BCUT2D eigenvalue weighted by molar-refractivity contribution is 0.259. The number of hydrogen-bond donors (Lipinski definition) is 1. The molecule has 0 amide bonds. The summed E-state index contributed by atoms with van der Waals surface area (Å²) in [4.78, 5) is 0. The quantitative estimate of drug-likeness (QED) is 0.509. The molecule has 0 spiro atoms. The number of hydrogen-bond acceptors (Lipinski definition) is 1. The lowest BCUT2D eigenvalue weighted by Crippen LogP contribution is -2.11. The summed E-state index contributed by atoms with van der Waals surface area (Å²) < 4.78 is 0. The second-order valence-electron chi connectivity index (χ2n) is 1.29. The molecule has 0 saturated heterocycles. The van der Waals surface area contributed by atoms with E-state index in [2.05, 4.69) is 0 Å². The third-order valence-corrected chi connectivity index (χ3v) is 0.713. The monoisotopic (exact) mass is 88.1 g/mol. The molecule has 0 rings (SSSR count). The maximum absolute atomic E-state index is 8.15. The van der Waals surface area contributed by atoms with Crippen molar-refractivity contribution in [1.82, 2.24) is 5.73 Å².